The third kappa shape index (κ3) is 5.28. The monoisotopic (exact) mass is 345 g/mol. The third-order valence-corrected chi connectivity index (χ3v) is 3.59. The van der Waals surface area contributed by atoms with Gasteiger partial charge < -0.3 is 16.0 Å². The van der Waals surface area contributed by atoms with Gasteiger partial charge in [-0.1, -0.05) is 37.1 Å². The van der Waals surface area contributed by atoms with E-state index in [1.54, 1.807) is 48.5 Å². The number of para-hydroxylation sites is 1. The van der Waals surface area contributed by atoms with Crippen molar-refractivity contribution in [2.45, 2.75) is 19.8 Å². The number of urea groups is 1. The molecule has 0 radical (unpaired) electrons. The Morgan fingerprint density at radius 1 is 1.00 bits per heavy atom. The van der Waals surface area contributed by atoms with Crippen molar-refractivity contribution in [2.75, 3.05) is 17.2 Å². The predicted octanol–water partition coefficient (Wildman–Crippen LogP) is 4.51. The standard InChI is InChI=1S/C18H20ClN3O2/c1-2-3-12-20-18(24)22-16-7-5-4-6-15(16)17(23)21-14-10-8-13(19)9-11-14/h4-11H,2-3,12H2,1H3,(H,21,23)(H2,20,22,24). The van der Waals surface area contributed by atoms with E-state index in [4.69, 9.17) is 11.6 Å². The molecule has 0 bridgehead atoms. The normalized spacial score (nSPS) is 10.1. The largest absolute Gasteiger partial charge is 0.338 e. The molecular formula is C18H20ClN3O2. The number of hydrogen-bond donors (Lipinski definition) is 3. The van der Waals surface area contributed by atoms with Crippen molar-refractivity contribution < 1.29 is 9.59 Å². The van der Waals surface area contributed by atoms with E-state index in [0.717, 1.165) is 12.8 Å². The highest BCUT2D eigenvalue weighted by Gasteiger charge is 2.13. The molecule has 2 aromatic rings. The van der Waals surface area contributed by atoms with Gasteiger partial charge in [-0.05, 0) is 42.8 Å². The Bertz CT molecular complexity index is 702. The van der Waals surface area contributed by atoms with Gasteiger partial charge in [0, 0.05) is 17.3 Å². The van der Waals surface area contributed by atoms with Crippen LogP contribution in [0.5, 0.6) is 0 Å². The Morgan fingerprint density at radius 3 is 2.42 bits per heavy atom. The lowest BCUT2D eigenvalue weighted by atomic mass is 10.1. The number of nitrogens with one attached hydrogen (secondary N) is 3. The fourth-order valence-corrected chi connectivity index (χ4v) is 2.19. The lowest BCUT2D eigenvalue weighted by Gasteiger charge is -2.12. The van der Waals surface area contributed by atoms with Crippen LogP contribution in [0.3, 0.4) is 0 Å². The Hall–Kier alpha value is -2.53. The first-order valence-corrected chi connectivity index (χ1v) is 8.18. The summed E-state index contributed by atoms with van der Waals surface area (Å²) in [5.41, 5.74) is 1.47. The van der Waals surface area contributed by atoms with Gasteiger partial charge in [-0.15, -0.1) is 0 Å². The highest BCUT2D eigenvalue weighted by atomic mass is 35.5. The van der Waals surface area contributed by atoms with Crippen LogP contribution in [-0.2, 0) is 0 Å². The van der Waals surface area contributed by atoms with E-state index < -0.39 is 0 Å². The van der Waals surface area contributed by atoms with Gasteiger partial charge in [-0.2, -0.15) is 0 Å². The summed E-state index contributed by atoms with van der Waals surface area (Å²) in [6.45, 7) is 2.65. The summed E-state index contributed by atoms with van der Waals surface area (Å²) in [5.74, 6) is -0.304. The van der Waals surface area contributed by atoms with Gasteiger partial charge in [0.15, 0.2) is 0 Å². The van der Waals surface area contributed by atoms with E-state index in [1.165, 1.54) is 0 Å². The Labute approximate surface area is 146 Å². The second kappa shape index (κ2) is 8.93. The molecule has 24 heavy (non-hydrogen) atoms. The number of amides is 3. The van der Waals surface area contributed by atoms with Crippen molar-refractivity contribution in [3.05, 3.63) is 59.1 Å². The van der Waals surface area contributed by atoms with Crippen molar-refractivity contribution in [2.24, 2.45) is 0 Å². The summed E-state index contributed by atoms with van der Waals surface area (Å²) < 4.78 is 0. The molecule has 0 unspecified atom stereocenters. The van der Waals surface area contributed by atoms with Gasteiger partial charge in [0.2, 0.25) is 0 Å². The maximum atomic E-state index is 12.4. The zero-order chi connectivity index (χ0) is 17.4. The number of hydrogen-bond acceptors (Lipinski definition) is 2. The maximum absolute atomic E-state index is 12.4. The number of carbonyl (C=O) groups excluding carboxylic acids is 2. The fraction of sp³-hybridized carbons (Fsp3) is 0.222. The number of halogens is 1. The molecule has 0 aliphatic carbocycles. The second-order valence-corrected chi connectivity index (χ2v) is 5.68. The average molecular weight is 346 g/mol. The molecule has 0 atom stereocenters. The number of anilines is 2. The first kappa shape index (κ1) is 17.8. The van der Waals surface area contributed by atoms with Gasteiger partial charge in [-0.3, -0.25) is 4.79 Å². The van der Waals surface area contributed by atoms with E-state index in [2.05, 4.69) is 22.9 Å². The molecule has 5 nitrogen and oxygen atoms in total. The van der Waals surface area contributed by atoms with E-state index >= 15 is 0 Å². The molecular weight excluding hydrogens is 326 g/mol. The van der Waals surface area contributed by atoms with Crippen molar-refractivity contribution in [1.82, 2.24) is 5.32 Å². The molecule has 0 aromatic heterocycles. The molecule has 0 aliphatic heterocycles. The Balaban J connectivity index is 2.05. The van der Waals surface area contributed by atoms with Crippen molar-refractivity contribution in [3.8, 4) is 0 Å². The molecule has 0 heterocycles. The average Bonchev–Trinajstić information content (AvgIpc) is 2.57. The molecule has 3 amide bonds. The van der Waals surface area contributed by atoms with Crippen LogP contribution in [0.1, 0.15) is 30.1 Å². The number of benzene rings is 2. The van der Waals surface area contributed by atoms with Crippen molar-refractivity contribution in [3.63, 3.8) is 0 Å². The Morgan fingerprint density at radius 2 is 1.71 bits per heavy atom. The lowest BCUT2D eigenvalue weighted by Crippen LogP contribution is -2.30. The van der Waals surface area contributed by atoms with Crippen LogP contribution in [0.25, 0.3) is 0 Å². The number of rotatable bonds is 6. The van der Waals surface area contributed by atoms with Crippen LogP contribution in [0.2, 0.25) is 5.02 Å². The molecule has 3 N–H and O–H groups in total. The molecule has 0 fully saturated rings. The van der Waals surface area contributed by atoms with Gasteiger partial charge in [0.05, 0.1) is 11.3 Å². The molecule has 2 rings (SSSR count). The summed E-state index contributed by atoms with van der Waals surface area (Å²) in [6.07, 6.45) is 1.91. The van der Waals surface area contributed by atoms with Gasteiger partial charge >= 0.3 is 6.03 Å². The van der Waals surface area contributed by atoms with Gasteiger partial charge in [0.1, 0.15) is 0 Å². The smallest absolute Gasteiger partial charge is 0.319 e. The molecule has 6 heteroatoms. The summed E-state index contributed by atoms with van der Waals surface area (Å²) in [7, 11) is 0. The van der Waals surface area contributed by atoms with Crippen LogP contribution in [0.15, 0.2) is 48.5 Å². The van der Waals surface area contributed by atoms with Crippen LogP contribution in [0.4, 0.5) is 16.2 Å². The zero-order valence-corrected chi connectivity index (χ0v) is 14.2. The topological polar surface area (TPSA) is 70.2 Å². The highest BCUT2D eigenvalue weighted by molar-refractivity contribution is 6.30. The first-order valence-electron chi connectivity index (χ1n) is 7.81. The quantitative estimate of drug-likeness (QED) is 0.674. The van der Waals surface area contributed by atoms with E-state index in [-0.39, 0.29) is 11.9 Å². The van der Waals surface area contributed by atoms with Crippen LogP contribution < -0.4 is 16.0 Å². The predicted molar refractivity (Wildman–Crippen MR) is 97.8 cm³/mol. The minimum atomic E-state index is -0.324. The minimum absolute atomic E-state index is 0.304. The molecule has 0 saturated heterocycles. The van der Waals surface area contributed by atoms with Crippen LogP contribution in [-0.4, -0.2) is 18.5 Å². The van der Waals surface area contributed by atoms with E-state index in [0.29, 0.717) is 28.5 Å². The van der Waals surface area contributed by atoms with Crippen molar-refractivity contribution in [1.29, 1.82) is 0 Å². The van der Waals surface area contributed by atoms with Crippen LogP contribution >= 0.6 is 11.6 Å². The highest BCUT2D eigenvalue weighted by Crippen LogP contribution is 2.18. The fourth-order valence-electron chi connectivity index (χ4n) is 2.07. The Kier molecular flexibility index (Phi) is 6.63. The third-order valence-electron chi connectivity index (χ3n) is 3.34. The minimum Gasteiger partial charge on any atom is -0.338 e. The number of unbranched alkanes of at least 4 members (excludes halogenated alkanes) is 1. The van der Waals surface area contributed by atoms with Crippen molar-refractivity contribution >= 4 is 34.9 Å². The lowest BCUT2D eigenvalue weighted by molar-refractivity contribution is 0.102. The zero-order valence-electron chi connectivity index (χ0n) is 13.4. The van der Waals surface area contributed by atoms with Crippen LogP contribution in [0, 0.1) is 0 Å². The molecule has 2 aromatic carbocycles. The van der Waals surface area contributed by atoms with E-state index in [9.17, 15) is 9.59 Å². The summed E-state index contributed by atoms with van der Waals surface area (Å²) in [6, 6.07) is 13.4. The molecule has 0 aliphatic rings. The van der Waals surface area contributed by atoms with Gasteiger partial charge in [0.25, 0.3) is 5.91 Å². The first-order chi connectivity index (χ1) is 11.6. The maximum Gasteiger partial charge on any atom is 0.319 e. The molecule has 0 spiro atoms. The summed E-state index contributed by atoms with van der Waals surface area (Å²) in [4.78, 5) is 24.3. The van der Waals surface area contributed by atoms with E-state index in [1.807, 2.05) is 0 Å². The summed E-state index contributed by atoms with van der Waals surface area (Å²) in [5, 5.41) is 8.85. The molecule has 0 saturated carbocycles. The molecule has 126 valence electrons. The second-order valence-electron chi connectivity index (χ2n) is 5.24. The number of carbonyl (C=O) groups is 2. The summed E-state index contributed by atoms with van der Waals surface area (Å²) >= 11 is 5.83. The SMILES string of the molecule is CCCCNC(=O)Nc1ccccc1C(=O)Nc1ccc(Cl)cc1. The van der Waals surface area contributed by atoms with Gasteiger partial charge in [-0.25, -0.2) is 4.79 Å².